The van der Waals surface area contributed by atoms with Crippen LogP contribution in [-0.2, 0) is 0 Å². The van der Waals surface area contributed by atoms with Crippen molar-refractivity contribution in [2.45, 2.75) is 25.8 Å². The quantitative estimate of drug-likeness (QED) is 0.874. The molecule has 1 aliphatic heterocycles. The lowest BCUT2D eigenvalue weighted by molar-refractivity contribution is 0.695. The number of nitrogens with zero attached hydrogens (tertiary/aromatic N) is 3. The standard InChI is InChI=1S/C14H19N5/c1-8(2)11-5-12-14(16-3-4-19(12)18-11)17-13-9-6-15-7-10(9)13/h3-5,8-10,13,15H,6-7H2,1-2H3,(H,16,17). The predicted octanol–water partition coefficient (Wildman–Crippen LogP) is 1.48. The van der Waals surface area contributed by atoms with Crippen LogP contribution >= 0.6 is 0 Å². The molecule has 0 spiro atoms. The van der Waals surface area contributed by atoms with Crippen LogP contribution in [0, 0.1) is 11.8 Å². The number of piperidine rings is 1. The van der Waals surface area contributed by atoms with Gasteiger partial charge in [-0.05, 0) is 23.8 Å². The molecule has 0 amide bonds. The van der Waals surface area contributed by atoms with Gasteiger partial charge in [0.1, 0.15) is 5.52 Å². The lowest BCUT2D eigenvalue weighted by atomic mass is 10.1. The lowest BCUT2D eigenvalue weighted by Gasteiger charge is -2.08. The first kappa shape index (κ1) is 11.2. The highest BCUT2D eigenvalue weighted by atomic mass is 15.2. The minimum absolute atomic E-state index is 0.442. The Kier molecular flexibility index (Phi) is 2.33. The van der Waals surface area contributed by atoms with Crippen molar-refractivity contribution in [3.8, 4) is 0 Å². The molecule has 2 N–H and O–H groups in total. The second-order valence-corrected chi connectivity index (χ2v) is 5.99. The Labute approximate surface area is 112 Å². The maximum Gasteiger partial charge on any atom is 0.152 e. The van der Waals surface area contributed by atoms with Crippen LogP contribution in [0.4, 0.5) is 5.82 Å². The molecule has 1 saturated heterocycles. The van der Waals surface area contributed by atoms with Crippen molar-refractivity contribution in [3.05, 3.63) is 24.2 Å². The Hall–Kier alpha value is -1.62. The van der Waals surface area contributed by atoms with Gasteiger partial charge < -0.3 is 10.6 Å². The van der Waals surface area contributed by atoms with Crippen LogP contribution in [0.2, 0.25) is 0 Å². The highest BCUT2D eigenvalue weighted by Gasteiger charge is 2.53. The highest BCUT2D eigenvalue weighted by molar-refractivity contribution is 5.68. The normalized spacial score (nSPS) is 28.9. The third kappa shape index (κ3) is 1.72. The summed E-state index contributed by atoms with van der Waals surface area (Å²) in [6.45, 7) is 6.61. The fraction of sp³-hybridized carbons (Fsp3) is 0.571. The van der Waals surface area contributed by atoms with E-state index in [2.05, 4.69) is 40.6 Å². The summed E-state index contributed by atoms with van der Waals surface area (Å²) in [6, 6.07) is 2.74. The van der Waals surface area contributed by atoms with E-state index in [1.807, 2.05) is 16.9 Å². The van der Waals surface area contributed by atoms with E-state index in [9.17, 15) is 0 Å². The van der Waals surface area contributed by atoms with Gasteiger partial charge in [-0.25, -0.2) is 9.50 Å². The molecule has 2 atom stereocenters. The van der Waals surface area contributed by atoms with Crippen molar-refractivity contribution in [3.63, 3.8) is 0 Å². The zero-order valence-electron chi connectivity index (χ0n) is 11.3. The zero-order valence-corrected chi connectivity index (χ0v) is 11.3. The van der Waals surface area contributed by atoms with Crippen LogP contribution in [0.25, 0.3) is 5.52 Å². The molecule has 5 nitrogen and oxygen atoms in total. The lowest BCUT2D eigenvalue weighted by Crippen LogP contribution is -2.22. The summed E-state index contributed by atoms with van der Waals surface area (Å²) in [6.07, 6.45) is 3.74. The maximum absolute atomic E-state index is 4.60. The molecular weight excluding hydrogens is 238 g/mol. The highest BCUT2D eigenvalue weighted by Crippen LogP contribution is 2.43. The third-order valence-corrected chi connectivity index (χ3v) is 4.40. The fourth-order valence-corrected chi connectivity index (χ4v) is 3.12. The van der Waals surface area contributed by atoms with E-state index >= 15 is 0 Å². The molecule has 1 aliphatic carbocycles. The summed E-state index contributed by atoms with van der Waals surface area (Å²) in [7, 11) is 0. The van der Waals surface area contributed by atoms with Gasteiger partial charge in [-0.15, -0.1) is 0 Å². The fourth-order valence-electron chi connectivity index (χ4n) is 3.12. The van der Waals surface area contributed by atoms with Crippen LogP contribution in [0.15, 0.2) is 18.5 Å². The SMILES string of the molecule is CC(C)c1cc2c(NC3C4CNCC43)nccn2n1. The van der Waals surface area contributed by atoms with Crippen LogP contribution in [-0.4, -0.2) is 33.7 Å². The summed E-state index contributed by atoms with van der Waals surface area (Å²) < 4.78 is 1.93. The maximum atomic E-state index is 4.60. The van der Waals surface area contributed by atoms with E-state index in [1.54, 1.807) is 0 Å². The van der Waals surface area contributed by atoms with E-state index in [0.29, 0.717) is 12.0 Å². The molecule has 2 fully saturated rings. The van der Waals surface area contributed by atoms with Crippen LogP contribution < -0.4 is 10.6 Å². The minimum Gasteiger partial charge on any atom is -0.365 e. The summed E-state index contributed by atoms with van der Waals surface area (Å²) in [5, 5.41) is 11.6. The molecule has 2 aromatic heterocycles. The molecule has 0 bridgehead atoms. The van der Waals surface area contributed by atoms with Crippen molar-refractivity contribution in [2.75, 3.05) is 18.4 Å². The van der Waals surface area contributed by atoms with Crippen molar-refractivity contribution < 1.29 is 0 Å². The third-order valence-electron chi connectivity index (χ3n) is 4.40. The van der Waals surface area contributed by atoms with Crippen LogP contribution in [0.5, 0.6) is 0 Å². The van der Waals surface area contributed by atoms with E-state index in [0.717, 1.165) is 42.0 Å². The molecule has 100 valence electrons. The van der Waals surface area contributed by atoms with Crippen molar-refractivity contribution in [2.24, 2.45) is 11.8 Å². The number of hydrogen-bond acceptors (Lipinski definition) is 4. The number of anilines is 1. The van der Waals surface area contributed by atoms with Gasteiger partial charge in [0.05, 0.1) is 5.69 Å². The average molecular weight is 257 g/mol. The zero-order chi connectivity index (χ0) is 13.0. The van der Waals surface area contributed by atoms with E-state index in [4.69, 9.17) is 0 Å². The van der Waals surface area contributed by atoms with E-state index in [1.165, 1.54) is 0 Å². The van der Waals surface area contributed by atoms with Crippen LogP contribution in [0.3, 0.4) is 0 Å². The Morgan fingerprint density at radius 1 is 1.37 bits per heavy atom. The molecule has 1 saturated carbocycles. The largest absolute Gasteiger partial charge is 0.365 e. The smallest absolute Gasteiger partial charge is 0.152 e. The predicted molar refractivity (Wildman–Crippen MR) is 74.3 cm³/mol. The van der Waals surface area contributed by atoms with Gasteiger partial charge in [-0.3, -0.25) is 0 Å². The van der Waals surface area contributed by atoms with Gasteiger partial charge >= 0.3 is 0 Å². The van der Waals surface area contributed by atoms with Gasteiger partial charge in [0.15, 0.2) is 5.82 Å². The molecule has 3 heterocycles. The van der Waals surface area contributed by atoms with E-state index < -0.39 is 0 Å². The van der Waals surface area contributed by atoms with Gasteiger partial charge in [0, 0.05) is 31.5 Å². The first-order chi connectivity index (χ1) is 9.24. The van der Waals surface area contributed by atoms with Gasteiger partial charge in [-0.2, -0.15) is 5.10 Å². The molecule has 0 radical (unpaired) electrons. The van der Waals surface area contributed by atoms with Crippen molar-refractivity contribution in [1.29, 1.82) is 0 Å². The molecule has 2 aromatic rings. The van der Waals surface area contributed by atoms with Gasteiger partial charge in [0.2, 0.25) is 0 Å². The topological polar surface area (TPSA) is 54.2 Å². The molecule has 19 heavy (non-hydrogen) atoms. The molecule has 4 rings (SSSR count). The number of rotatable bonds is 3. The number of nitrogens with one attached hydrogen (secondary N) is 2. The minimum atomic E-state index is 0.442. The van der Waals surface area contributed by atoms with Crippen molar-refractivity contribution in [1.82, 2.24) is 19.9 Å². The second kappa shape index (κ2) is 3.93. The second-order valence-electron chi connectivity index (χ2n) is 5.99. The van der Waals surface area contributed by atoms with Crippen LogP contribution in [0.1, 0.15) is 25.5 Å². The number of fused-ring (bicyclic) bond motifs is 2. The first-order valence-corrected chi connectivity index (χ1v) is 7.05. The molecular formula is C14H19N5. The first-order valence-electron chi connectivity index (χ1n) is 7.05. The summed E-state index contributed by atoms with van der Waals surface area (Å²) >= 11 is 0. The Morgan fingerprint density at radius 2 is 2.16 bits per heavy atom. The molecule has 0 aromatic carbocycles. The van der Waals surface area contributed by atoms with Crippen molar-refractivity contribution >= 4 is 11.3 Å². The summed E-state index contributed by atoms with van der Waals surface area (Å²) in [4.78, 5) is 4.49. The average Bonchev–Trinajstić information content (AvgIpc) is 2.85. The molecule has 2 aliphatic rings. The van der Waals surface area contributed by atoms with Gasteiger partial charge in [-0.1, -0.05) is 13.8 Å². The summed E-state index contributed by atoms with van der Waals surface area (Å²) in [5.41, 5.74) is 2.21. The Bertz CT molecular complexity index is 607. The molecule has 5 heteroatoms. The number of hydrogen-bond donors (Lipinski definition) is 2. The summed E-state index contributed by atoms with van der Waals surface area (Å²) in [5.74, 6) is 2.99. The Morgan fingerprint density at radius 3 is 2.89 bits per heavy atom. The number of aromatic nitrogens is 3. The Balaban J connectivity index is 1.65. The molecule has 2 unspecified atom stereocenters. The van der Waals surface area contributed by atoms with Gasteiger partial charge in [0.25, 0.3) is 0 Å². The van der Waals surface area contributed by atoms with E-state index in [-0.39, 0.29) is 0 Å². The monoisotopic (exact) mass is 257 g/mol.